The Morgan fingerprint density at radius 3 is 2.72 bits per heavy atom. The van der Waals surface area contributed by atoms with E-state index < -0.39 is 5.60 Å². The third kappa shape index (κ3) is 5.94. The molecular weight excluding hydrogens is 544 g/mol. The van der Waals surface area contributed by atoms with E-state index >= 15 is 0 Å². The maximum absolute atomic E-state index is 12.5. The number of benzene rings is 1. The Balaban J connectivity index is 1.25. The SMILES string of the molecule is Cc1cc(Nc2c(C#N)cnc3ccc(C4=CCN(C(=O)OC(C)(C)C)CC4)nc23)ccc1Oc1ccn2ncnc2c1. The second kappa shape index (κ2) is 11.1. The topological polar surface area (TPSA) is 131 Å². The van der Waals surface area contributed by atoms with Gasteiger partial charge in [0, 0.05) is 37.2 Å². The third-order valence-corrected chi connectivity index (χ3v) is 6.95. The molecule has 0 bridgehead atoms. The zero-order valence-electron chi connectivity index (χ0n) is 24.3. The van der Waals surface area contributed by atoms with Crippen molar-refractivity contribution in [3.05, 3.63) is 84.1 Å². The van der Waals surface area contributed by atoms with Crippen LogP contribution < -0.4 is 10.1 Å². The van der Waals surface area contributed by atoms with Crippen molar-refractivity contribution in [2.75, 3.05) is 18.4 Å². The average molecular weight is 575 g/mol. The fourth-order valence-corrected chi connectivity index (χ4v) is 4.82. The minimum Gasteiger partial charge on any atom is -0.457 e. The van der Waals surface area contributed by atoms with Gasteiger partial charge in [-0.15, -0.1) is 0 Å². The number of rotatable bonds is 5. The molecule has 11 nitrogen and oxygen atoms in total. The second-order valence-corrected chi connectivity index (χ2v) is 11.3. The highest BCUT2D eigenvalue weighted by atomic mass is 16.6. The first-order chi connectivity index (χ1) is 20.7. The molecule has 5 heterocycles. The lowest BCUT2D eigenvalue weighted by Crippen LogP contribution is -2.39. The molecule has 11 heteroatoms. The van der Waals surface area contributed by atoms with Gasteiger partial charge in [-0.25, -0.2) is 19.3 Å². The predicted molar refractivity (Wildman–Crippen MR) is 162 cm³/mol. The van der Waals surface area contributed by atoms with Gasteiger partial charge >= 0.3 is 6.09 Å². The summed E-state index contributed by atoms with van der Waals surface area (Å²) >= 11 is 0. The van der Waals surface area contributed by atoms with Crippen molar-refractivity contribution >= 4 is 39.7 Å². The van der Waals surface area contributed by atoms with Crippen molar-refractivity contribution < 1.29 is 14.3 Å². The fourth-order valence-electron chi connectivity index (χ4n) is 4.82. The monoisotopic (exact) mass is 574 g/mol. The summed E-state index contributed by atoms with van der Waals surface area (Å²) in [6.07, 6.45) is 7.15. The number of aromatic nitrogens is 5. The number of nitrogens with zero attached hydrogens (tertiary/aromatic N) is 7. The molecule has 1 N–H and O–H groups in total. The Bertz CT molecular complexity index is 1930. The van der Waals surface area contributed by atoms with Gasteiger partial charge < -0.3 is 19.7 Å². The summed E-state index contributed by atoms with van der Waals surface area (Å²) in [4.78, 5) is 27.8. The maximum Gasteiger partial charge on any atom is 0.410 e. The number of hydrogen-bond acceptors (Lipinski definition) is 9. The van der Waals surface area contributed by atoms with Crippen molar-refractivity contribution in [3.8, 4) is 17.6 Å². The van der Waals surface area contributed by atoms with Crippen LogP contribution in [0.2, 0.25) is 0 Å². The summed E-state index contributed by atoms with van der Waals surface area (Å²) in [6.45, 7) is 8.49. The van der Waals surface area contributed by atoms with Crippen LogP contribution in [-0.2, 0) is 4.74 Å². The van der Waals surface area contributed by atoms with Gasteiger partial charge in [0.05, 0.1) is 22.5 Å². The van der Waals surface area contributed by atoms with Crippen LogP contribution in [0.25, 0.3) is 22.3 Å². The molecule has 216 valence electrons. The van der Waals surface area contributed by atoms with Crippen molar-refractivity contribution in [1.29, 1.82) is 5.26 Å². The van der Waals surface area contributed by atoms with Gasteiger partial charge in [0.1, 0.15) is 35.0 Å². The highest BCUT2D eigenvalue weighted by Crippen LogP contribution is 2.33. The molecule has 0 fully saturated rings. The van der Waals surface area contributed by atoms with Crippen molar-refractivity contribution in [3.63, 3.8) is 0 Å². The van der Waals surface area contributed by atoms with E-state index in [0.29, 0.717) is 58.9 Å². The van der Waals surface area contributed by atoms with Crippen LogP contribution in [0, 0.1) is 18.3 Å². The van der Waals surface area contributed by atoms with E-state index in [1.165, 1.54) is 6.33 Å². The number of carbonyl (C=O) groups is 1. The van der Waals surface area contributed by atoms with Gasteiger partial charge in [-0.3, -0.25) is 4.98 Å². The maximum atomic E-state index is 12.5. The molecule has 1 amide bonds. The van der Waals surface area contributed by atoms with E-state index in [1.807, 2.05) is 76.2 Å². The number of nitrogens with one attached hydrogen (secondary N) is 1. The van der Waals surface area contributed by atoms with Gasteiger partial charge in [-0.2, -0.15) is 10.4 Å². The first-order valence-electron chi connectivity index (χ1n) is 13.9. The summed E-state index contributed by atoms with van der Waals surface area (Å²) in [6, 6.07) is 15.4. The number of ether oxygens (including phenoxy) is 2. The van der Waals surface area contributed by atoms with Crippen LogP contribution in [0.3, 0.4) is 0 Å². The van der Waals surface area contributed by atoms with Gasteiger partial charge in [-0.05, 0) is 81.7 Å². The number of nitriles is 1. The first kappa shape index (κ1) is 27.7. The Morgan fingerprint density at radius 1 is 1.12 bits per heavy atom. The number of aryl methyl sites for hydroxylation is 1. The summed E-state index contributed by atoms with van der Waals surface area (Å²) in [5.41, 5.74) is 5.84. The Labute approximate surface area is 248 Å². The largest absolute Gasteiger partial charge is 0.457 e. The molecule has 4 aromatic heterocycles. The van der Waals surface area contributed by atoms with Crippen molar-refractivity contribution in [2.24, 2.45) is 0 Å². The summed E-state index contributed by atoms with van der Waals surface area (Å²) in [5, 5.41) is 17.4. The Kier molecular flexibility index (Phi) is 7.11. The molecule has 0 unspecified atom stereocenters. The van der Waals surface area contributed by atoms with E-state index in [9.17, 15) is 10.1 Å². The molecule has 0 atom stereocenters. The van der Waals surface area contributed by atoms with Crippen LogP contribution in [0.5, 0.6) is 11.5 Å². The lowest BCUT2D eigenvalue weighted by atomic mass is 10.0. The minimum absolute atomic E-state index is 0.327. The number of anilines is 2. The summed E-state index contributed by atoms with van der Waals surface area (Å²) in [5.74, 6) is 1.35. The molecule has 1 aromatic carbocycles. The molecule has 0 saturated carbocycles. The van der Waals surface area contributed by atoms with E-state index in [1.54, 1.807) is 21.8 Å². The van der Waals surface area contributed by atoms with Crippen molar-refractivity contribution in [2.45, 2.75) is 39.7 Å². The molecule has 0 saturated heterocycles. The zero-order chi connectivity index (χ0) is 30.1. The van der Waals surface area contributed by atoms with Gasteiger partial charge in [-0.1, -0.05) is 6.08 Å². The highest BCUT2D eigenvalue weighted by Gasteiger charge is 2.24. The molecule has 0 spiro atoms. The molecule has 1 aliphatic rings. The Hall–Kier alpha value is -5.50. The fraction of sp³-hybridized carbons (Fsp3) is 0.250. The summed E-state index contributed by atoms with van der Waals surface area (Å²) < 4.78 is 13.3. The molecule has 0 radical (unpaired) electrons. The van der Waals surface area contributed by atoms with E-state index in [2.05, 4.69) is 26.5 Å². The lowest BCUT2D eigenvalue weighted by Gasteiger charge is -2.29. The van der Waals surface area contributed by atoms with Crippen LogP contribution >= 0.6 is 0 Å². The standard InChI is InChI=1S/C32H30N8O3/c1-20-15-23(5-8-27(20)42-24-11-14-40-28(16-24)35-19-36-40)37-29-22(17-33)18-34-26-7-6-25(38-30(26)29)21-9-12-39(13-10-21)31(41)43-32(2,3)4/h5-9,11,14-16,18-19H,10,12-13H2,1-4H3,(H,34,37). The third-order valence-electron chi connectivity index (χ3n) is 6.95. The normalized spacial score (nSPS) is 13.5. The summed E-state index contributed by atoms with van der Waals surface area (Å²) in [7, 11) is 0. The number of amides is 1. The zero-order valence-corrected chi connectivity index (χ0v) is 24.3. The molecular formula is C32H30N8O3. The minimum atomic E-state index is -0.546. The first-order valence-corrected chi connectivity index (χ1v) is 13.9. The molecule has 43 heavy (non-hydrogen) atoms. The molecule has 6 rings (SSSR count). The number of pyridine rings is 3. The van der Waals surface area contributed by atoms with Crippen LogP contribution in [-0.4, -0.2) is 54.2 Å². The van der Waals surface area contributed by atoms with Gasteiger partial charge in [0.25, 0.3) is 0 Å². The van der Waals surface area contributed by atoms with E-state index in [0.717, 1.165) is 22.5 Å². The van der Waals surface area contributed by atoms with Crippen molar-refractivity contribution in [1.82, 2.24) is 29.5 Å². The van der Waals surface area contributed by atoms with Crippen LogP contribution in [0.1, 0.15) is 44.0 Å². The average Bonchev–Trinajstić information content (AvgIpc) is 3.46. The number of carbonyl (C=O) groups excluding carboxylic acids is 1. The lowest BCUT2D eigenvalue weighted by molar-refractivity contribution is 0.0270. The van der Waals surface area contributed by atoms with Gasteiger partial charge in [0.15, 0.2) is 5.65 Å². The van der Waals surface area contributed by atoms with E-state index in [4.69, 9.17) is 14.5 Å². The number of hydrogen-bond donors (Lipinski definition) is 1. The van der Waals surface area contributed by atoms with Crippen LogP contribution in [0.4, 0.5) is 16.2 Å². The van der Waals surface area contributed by atoms with Crippen LogP contribution in [0.15, 0.2) is 67.3 Å². The number of fused-ring (bicyclic) bond motifs is 2. The molecule has 5 aromatic rings. The quantitative estimate of drug-likeness (QED) is 0.253. The smallest absolute Gasteiger partial charge is 0.410 e. The molecule has 1 aliphatic heterocycles. The Morgan fingerprint density at radius 2 is 1.98 bits per heavy atom. The van der Waals surface area contributed by atoms with Gasteiger partial charge in [0.2, 0.25) is 0 Å². The predicted octanol–water partition coefficient (Wildman–Crippen LogP) is 6.41. The molecule has 0 aliphatic carbocycles. The highest BCUT2D eigenvalue weighted by molar-refractivity contribution is 5.93. The second-order valence-electron chi connectivity index (χ2n) is 11.3. The van der Waals surface area contributed by atoms with E-state index in [-0.39, 0.29) is 6.09 Å².